The Labute approximate surface area is 209 Å². The second-order valence-corrected chi connectivity index (χ2v) is 13.3. The van der Waals surface area contributed by atoms with Crippen LogP contribution in [0.25, 0.3) is 11.2 Å². The molecular weight excluding hydrogens is 502 g/mol. The highest BCUT2D eigenvalue weighted by Gasteiger charge is 2.75. The molecule has 12 heteroatoms. The van der Waals surface area contributed by atoms with Crippen molar-refractivity contribution in [2.24, 2.45) is 11.3 Å². The first-order valence-corrected chi connectivity index (χ1v) is 14.2. The Morgan fingerprint density at radius 2 is 1.85 bits per heavy atom. The van der Waals surface area contributed by atoms with Gasteiger partial charge in [0.1, 0.15) is 11.6 Å². The molecule has 3 fully saturated rings. The molecule has 0 bridgehead atoms. The van der Waals surface area contributed by atoms with Gasteiger partial charge in [-0.25, -0.2) is 9.97 Å². The fourth-order valence-corrected chi connectivity index (χ4v) is 8.48. The predicted molar refractivity (Wildman–Crippen MR) is 128 cm³/mol. The van der Waals surface area contributed by atoms with Crippen LogP contribution in [0.15, 0.2) is 6.33 Å². The lowest BCUT2D eigenvalue weighted by atomic mass is 9.96. The summed E-state index contributed by atoms with van der Waals surface area (Å²) in [5.74, 6) is -0.503. The molecule has 34 heavy (non-hydrogen) atoms. The van der Waals surface area contributed by atoms with Gasteiger partial charge in [0.05, 0.1) is 36.8 Å². The lowest BCUT2D eigenvalue weighted by molar-refractivity contribution is -0.161. The molecule has 0 aromatic carbocycles. The van der Waals surface area contributed by atoms with Crippen LogP contribution in [0.5, 0.6) is 0 Å². The summed E-state index contributed by atoms with van der Waals surface area (Å²) in [4.78, 5) is 12.9. The van der Waals surface area contributed by atoms with Crippen LogP contribution in [0, 0.1) is 11.3 Å². The molecule has 2 aromatic heterocycles. The maximum Gasteiger partial charge on any atom is 0.331 e. The molecule has 2 aliphatic carbocycles. The zero-order valence-corrected chi connectivity index (χ0v) is 22.6. The van der Waals surface area contributed by atoms with E-state index in [1.807, 2.05) is 46.1 Å². The molecule has 1 saturated heterocycles. The summed E-state index contributed by atoms with van der Waals surface area (Å²) >= 11 is 12.4. The number of rotatable bonds is 8. The molecule has 0 N–H and O–H groups in total. The van der Waals surface area contributed by atoms with Gasteiger partial charge in [-0.15, -0.1) is 0 Å². The third-order valence-electron chi connectivity index (χ3n) is 6.89. The standard InChI is InChI=1S/C22H31Cl2N4O5P/c1-11(2)32-34(29,33-12(3)4)8-7-22-9-13(22)15(16-17(22)31-21(5,6)30-16)28-10-25-14-18(23)26-20(24)27-19(14)28/h10-13,15-17H,7-9H2,1-6H3/t13-,15-,16+,17+,22-/m1/s1. The molecule has 0 amide bonds. The molecule has 188 valence electrons. The quantitative estimate of drug-likeness (QED) is 0.244. The SMILES string of the molecule is CC(C)OP(=O)(CC[C@@]12C[C@@H]1[C@@H](n1cnc3c(Cl)nc(Cl)nc31)[C@@H]1OC(C)(C)O[C@@H]12)OC(C)C. The number of nitrogens with zero attached hydrogens (tertiary/aromatic N) is 4. The fraction of sp³-hybridized carbons (Fsp3) is 0.773. The average molecular weight is 533 g/mol. The first-order chi connectivity index (χ1) is 15.8. The Kier molecular flexibility index (Phi) is 6.12. The number of ether oxygens (including phenoxy) is 2. The van der Waals surface area contributed by atoms with Crippen molar-refractivity contribution in [1.82, 2.24) is 19.5 Å². The molecule has 9 nitrogen and oxygen atoms in total. The summed E-state index contributed by atoms with van der Waals surface area (Å²) in [6.45, 7) is 11.3. The Hall–Kier alpha value is -0.800. The Morgan fingerprint density at radius 1 is 1.18 bits per heavy atom. The Balaban J connectivity index is 1.47. The van der Waals surface area contributed by atoms with Crippen LogP contribution in [0.2, 0.25) is 10.4 Å². The smallest absolute Gasteiger partial charge is 0.331 e. The van der Waals surface area contributed by atoms with Crippen molar-refractivity contribution in [2.75, 3.05) is 6.16 Å². The summed E-state index contributed by atoms with van der Waals surface area (Å²) in [5, 5.41) is 0.282. The third kappa shape index (κ3) is 4.21. The summed E-state index contributed by atoms with van der Waals surface area (Å²) in [6.07, 6.45) is 2.84. The zero-order chi connectivity index (χ0) is 24.6. The molecule has 0 radical (unpaired) electrons. The molecule has 2 aromatic rings. The number of halogens is 2. The highest BCUT2D eigenvalue weighted by Crippen LogP contribution is 2.74. The van der Waals surface area contributed by atoms with E-state index in [0.717, 1.165) is 6.42 Å². The van der Waals surface area contributed by atoms with Crippen LogP contribution < -0.4 is 0 Å². The monoisotopic (exact) mass is 532 g/mol. The van der Waals surface area contributed by atoms with E-state index in [4.69, 9.17) is 41.7 Å². The van der Waals surface area contributed by atoms with Crippen LogP contribution in [0.1, 0.15) is 60.4 Å². The minimum atomic E-state index is -3.27. The Morgan fingerprint density at radius 3 is 2.50 bits per heavy atom. The van der Waals surface area contributed by atoms with Crippen molar-refractivity contribution in [2.45, 2.75) is 90.6 Å². The molecule has 3 aliphatic rings. The summed E-state index contributed by atoms with van der Waals surface area (Å²) in [7, 11) is -3.27. The van der Waals surface area contributed by atoms with E-state index in [1.165, 1.54) is 0 Å². The summed E-state index contributed by atoms with van der Waals surface area (Å²) in [6, 6.07) is -0.0739. The first kappa shape index (κ1) is 24.9. The van der Waals surface area contributed by atoms with Gasteiger partial charge >= 0.3 is 7.60 Å². The molecular formula is C22H31Cl2N4O5P. The van der Waals surface area contributed by atoms with Crippen molar-refractivity contribution in [3.8, 4) is 0 Å². The topological polar surface area (TPSA) is 97.6 Å². The van der Waals surface area contributed by atoms with Crippen LogP contribution in [0.3, 0.4) is 0 Å². The van der Waals surface area contributed by atoms with Gasteiger partial charge in [-0.1, -0.05) is 11.6 Å². The molecule has 5 rings (SSSR count). The van der Waals surface area contributed by atoms with Gasteiger partial charge in [0.2, 0.25) is 5.28 Å². The van der Waals surface area contributed by atoms with Crippen LogP contribution >= 0.6 is 30.8 Å². The minimum Gasteiger partial charge on any atom is -0.344 e. The number of hydrogen-bond donors (Lipinski definition) is 0. The maximum absolute atomic E-state index is 13.6. The van der Waals surface area contributed by atoms with Crippen LogP contribution in [-0.2, 0) is 23.1 Å². The van der Waals surface area contributed by atoms with E-state index in [2.05, 4.69) is 15.0 Å². The largest absolute Gasteiger partial charge is 0.344 e. The average Bonchev–Trinajstić information content (AvgIpc) is 2.95. The van der Waals surface area contributed by atoms with Crippen molar-refractivity contribution in [3.05, 3.63) is 16.8 Å². The molecule has 0 unspecified atom stereocenters. The van der Waals surface area contributed by atoms with Gasteiger partial charge in [0, 0.05) is 5.41 Å². The van der Waals surface area contributed by atoms with Gasteiger partial charge in [-0.2, -0.15) is 4.98 Å². The Bertz CT molecular complexity index is 1140. The van der Waals surface area contributed by atoms with Gasteiger partial charge in [0.15, 0.2) is 16.6 Å². The van der Waals surface area contributed by atoms with Crippen molar-refractivity contribution in [1.29, 1.82) is 0 Å². The molecule has 0 spiro atoms. The fourth-order valence-electron chi connectivity index (χ4n) is 5.83. The normalized spacial score (nSPS) is 32.1. The first-order valence-electron chi connectivity index (χ1n) is 11.7. The van der Waals surface area contributed by atoms with Gasteiger partial charge in [-0.05, 0) is 71.9 Å². The van der Waals surface area contributed by atoms with Gasteiger partial charge in [-0.3, -0.25) is 4.57 Å². The number of hydrogen-bond acceptors (Lipinski definition) is 8. The molecule has 1 aliphatic heterocycles. The number of imidazole rings is 1. The van der Waals surface area contributed by atoms with E-state index in [-0.39, 0.29) is 52.2 Å². The van der Waals surface area contributed by atoms with E-state index < -0.39 is 13.4 Å². The second kappa shape index (κ2) is 8.37. The van der Waals surface area contributed by atoms with E-state index >= 15 is 0 Å². The predicted octanol–water partition coefficient (Wildman–Crippen LogP) is 5.65. The highest BCUT2D eigenvalue weighted by atomic mass is 35.5. The lowest BCUT2D eigenvalue weighted by Crippen LogP contribution is -2.32. The minimum absolute atomic E-state index is 0.0670. The second-order valence-electron chi connectivity index (χ2n) is 10.6. The van der Waals surface area contributed by atoms with Crippen molar-refractivity contribution in [3.63, 3.8) is 0 Å². The van der Waals surface area contributed by atoms with E-state index in [9.17, 15) is 4.57 Å². The third-order valence-corrected chi connectivity index (χ3v) is 9.58. The highest BCUT2D eigenvalue weighted by molar-refractivity contribution is 7.53. The summed E-state index contributed by atoms with van der Waals surface area (Å²) in [5.41, 5.74) is 0.872. The van der Waals surface area contributed by atoms with E-state index in [1.54, 1.807) is 6.33 Å². The zero-order valence-electron chi connectivity index (χ0n) is 20.2. The lowest BCUT2D eigenvalue weighted by Gasteiger charge is -2.27. The van der Waals surface area contributed by atoms with Crippen LogP contribution in [-0.4, -0.2) is 55.9 Å². The van der Waals surface area contributed by atoms with Crippen molar-refractivity contribution >= 4 is 42.0 Å². The van der Waals surface area contributed by atoms with Crippen LogP contribution in [0.4, 0.5) is 0 Å². The number of fused-ring (bicyclic) bond motifs is 4. The van der Waals surface area contributed by atoms with Gasteiger partial charge < -0.3 is 23.1 Å². The van der Waals surface area contributed by atoms with E-state index in [0.29, 0.717) is 23.7 Å². The van der Waals surface area contributed by atoms with Gasteiger partial charge in [0.25, 0.3) is 0 Å². The summed E-state index contributed by atoms with van der Waals surface area (Å²) < 4.78 is 40.0. The molecule has 3 heterocycles. The molecule has 5 atom stereocenters. The number of aromatic nitrogens is 4. The molecule has 2 saturated carbocycles. The maximum atomic E-state index is 13.6. The van der Waals surface area contributed by atoms with Crippen molar-refractivity contribution < 1.29 is 23.1 Å².